The third kappa shape index (κ3) is 3.95. The monoisotopic (exact) mass is 250 g/mol. The van der Waals surface area contributed by atoms with Crippen LogP contribution in [-0.2, 0) is 0 Å². The third-order valence-corrected chi connectivity index (χ3v) is 2.84. The molecule has 0 aliphatic rings. The number of ether oxygens (including phenoxy) is 1. The zero-order valence-corrected chi connectivity index (χ0v) is 11.1. The summed E-state index contributed by atoms with van der Waals surface area (Å²) < 4.78 is 5.77. The van der Waals surface area contributed by atoms with Gasteiger partial charge in [0.15, 0.2) is 5.84 Å². The van der Waals surface area contributed by atoms with Gasteiger partial charge in [-0.25, -0.2) is 0 Å². The Balaban J connectivity index is 2.68. The largest absolute Gasteiger partial charge is 0.493 e. The van der Waals surface area contributed by atoms with Gasteiger partial charge in [-0.05, 0) is 25.0 Å². The van der Waals surface area contributed by atoms with E-state index in [9.17, 15) is 0 Å². The highest BCUT2D eigenvalue weighted by Crippen LogP contribution is 2.23. The van der Waals surface area contributed by atoms with Crippen LogP contribution >= 0.6 is 0 Å². The van der Waals surface area contributed by atoms with Crippen LogP contribution in [0.5, 0.6) is 5.75 Å². The van der Waals surface area contributed by atoms with E-state index in [0.29, 0.717) is 17.9 Å². The molecule has 0 saturated carbocycles. The second-order valence-corrected chi connectivity index (χ2v) is 4.35. The molecule has 1 aromatic carbocycles. The summed E-state index contributed by atoms with van der Waals surface area (Å²) in [5.74, 6) is 0.798. The number of amidine groups is 1. The lowest BCUT2D eigenvalue weighted by molar-refractivity contribution is 0.300. The normalized spacial score (nSPS) is 11.6. The van der Waals surface area contributed by atoms with Crippen LogP contribution in [-0.4, -0.2) is 17.6 Å². The van der Waals surface area contributed by atoms with Gasteiger partial charge in [0, 0.05) is 0 Å². The van der Waals surface area contributed by atoms with E-state index in [1.54, 1.807) is 6.07 Å². The minimum Gasteiger partial charge on any atom is -0.493 e. The van der Waals surface area contributed by atoms with Crippen molar-refractivity contribution in [3.63, 3.8) is 0 Å². The standard InChI is InChI=1S/C14H22N2O2/c1-3-4-5-6-10-18-13-11(2)8-7-9-12(13)14(15)16-17/h7-9,17H,3-6,10H2,1-2H3,(H2,15,16). The van der Waals surface area contributed by atoms with Gasteiger partial charge in [0.2, 0.25) is 0 Å². The summed E-state index contributed by atoms with van der Waals surface area (Å²) in [5.41, 5.74) is 7.28. The van der Waals surface area contributed by atoms with E-state index in [4.69, 9.17) is 15.7 Å². The number of hydrogen-bond donors (Lipinski definition) is 2. The number of rotatable bonds is 7. The van der Waals surface area contributed by atoms with Crippen LogP contribution in [0.25, 0.3) is 0 Å². The van der Waals surface area contributed by atoms with Crippen molar-refractivity contribution in [1.29, 1.82) is 0 Å². The first-order valence-electron chi connectivity index (χ1n) is 6.41. The van der Waals surface area contributed by atoms with E-state index in [1.165, 1.54) is 19.3 Å². The van der Waals surface area contributed by atoms with Crippen molar-refractivity contribution in [2.75, 3.05) is 6.61 Å². The van der Waals surface area contributed by atoms with Crippen LogP contribution < -0.4 is 10.5 Å². The van der Waals surface area contributed by atoms with E-state index >= 15 is 0 Å². The van der Waals surface area contributed by atoms with Crippen molar-refractivity contribution in [3.8, 4) is 5.75 Å². The van der Waals surface area contributed by atoms with Crippen LogP contribution in [0.3, 0.4) is 0 Å². The highest BCUT2D eigenvalue weighted by atomic mass is 16.5. The molecule has 0 radical (unpaired) electrons. The Morgan fingerprint density at radius 2 is 2.11 bits per heavy atom. The molecule has 1 rings (SSSR count). The summed E-state index contributed by atoms with van der Waals surface area (Å²) in [5, 5.41) is 11.8. The van der Waals surface area contributed by atoms with E-state index < -0.39 is 0 Å². The fraction of sp³-hybridized carbons (Fsp3) is 0.500. The van der Waals surface area contributed by atoms with Crippen molar-refractivity contribution in [2.45, 2.75) is 39.5 Å². The van der Waals surface area contributed by atoms with E-state index in [1.807, 2.05) is 19.1 Å². The maximum Gasteiger partial charge on any atom is 0.173 e. The number of aryl methyl sites for hydroxylation is 1. The Morgan fingerprint density at radius 1 is 1.33 bits per heavy atom. The number of para-hydroxylation sites is 1. The van der Waals surface area contributed by atoms with Gasteiger partial charge in [-0.2, -0.15) is 0 Å². The molecule has 0 bridgehead atoms. The molecule has 1 aromatic rings. The highest BCUT2D eigenvalue weighted by Gasteiger charge is 2.10. The fourth-order valence-corrected chi connectivity index (χ4v) is 1.80. The number of nitrogens with zero attached hydrogens (tertiary/aromatic N) is 1. The molecular formula is C14H22N2O2. The summed E-state index contributed by atoms with van der Waals surface area (Å²) in [7, 11) is 0. The van der Waals surface area contributed by atoms with Crippen molar-refractivity contribution < 1.29 is 9.94 Å². The number of oxime groups is 1. The average Bonchev–Trinajstić information content (AvgIpc) is 2.39. The molecule has 0 amide bonds. The molecule has 0 unspecified atom stereocenters. The van der Waals surface area contributed by atoms with Gasteiger partial charge in [0.05, 0.1) is 12.2 Å². The van der Waals surface area contributed by atoms with Crippen molar-refractivity contribution >= 4 is 5.84 Å². The molecule has 0 aliphatic heterocycles. The van der Waals surface area contributed by atoms with Crippen LogP contribution in [0.15, 0.2) is 23.4 Å². The predicted octanol–water partition coefficient (Wildman–Crippen LogP) is 3.05. The molecule has 0 heterocycles. The molecule has 0 spiro atoms. The van der Waals surface area contributed by atoms with Gasteiger partial charge in [-0.15, -0.1) is 0 Å². The molecule has 18 heavy (non-hydrogen) atoms. The van der Waals surface area contributed by atoms with Gasteiger partial charge >= 0.3 is 0 Å². The maximum atomic E-state index is 8.75. The molecule has 0 atom stereocenters. The van der Waals surface area contributed by atoms with Gasteiger partial charge in [-0.3, -0.25) is 0 Å². The first kappa shape index (κ1) is 14.4. The molecular weight excluding hydrogens is 228 g/mol. The Morgan fingerprint density at radius 3 is 2.78 bits per heavy atom. The fourth-order valence-electron chi connectivity index (χ4n) is 1.80. The van der Waals surface area contributed by atoms with Crippen molar-refractivity contribution in [2.24, 2.45) is 10.9 Å². The topological polar surface area (TPSA) is 67.8 Å². The molecule has 3 N–H and O–H groups in total. The number of hydrogen-bond acceptors (Lipinski definition) is 3. The molecule has 0 saturated heterocycles. The average molecular weight is 250 g/mol. The number of unbranched alkanes of at least 4 members (excludes halogenated alkanes) is 3. The summed E-state index contributed by atoms with van der Waals surface area (Å²) in [4.78, 5) is 0. The van der Waals surface area contributed by atoms with E-state index in [2.05, 4.69) is 12.1 Å². The molecule has 4 heteroatoms. The lowest BCUT2D eigenvalue weighted by atomic mass is 10.1. The van der Waals surface area contributed by atoms with Crippen LogP contribution in [0.1, 0.15) is 43.7 Å². The Kier molecular flexibility index (Phi) is 6.05. The minimum atomic E-state index is 0.0854. The zero-order valence-electron chi connectivity index (χ0n) is 11.1. The molecule has 100 valence electrons. The Bertz CT molecular complexity index is 403. The smallest absolute Gasteiger partial charge is 0.173 e. The molecule has 0 aliphatic carbocycles. The predicted molar refractivity (Wildman–Crippen MR) is 73.3 cm³/mol. The van der Waals surface area contributed by atoms with E-state index in [0.717, 1.165) is 12.0 Å². The van der Waals surface area contributed by atoms with Crippen LogP contribution in [0, 0.1) is 6.92 Å². The summed E-state index contributed by atoms with van der Waals surface area (Å²) in [6.07, 6.45) is 4.63. The maximum absolute atomic E-state index is 8.75. The quantitative estimate of drug-likeness (QED) is 0.257. The molecule has 0 fully saturated rings. The van der Waals surface area contributed by atoms with E-state index in [-0.39, 0.29) is 5.84 Å². The minimum absolute atomic E-state index is 0.0854. The lowest BCUT2D eigenvalue weighted by Gasteiger charge is -2.13. The van der Waals surface area contributed by atoms with Crippen molar-refractivity contribution in [3.05, 3.63) is 29.3 Å². The number of benzene rings is 1. The van der Waals surface area contributed by atoms with Crippen LogP contribution in [0.2, 0.25) is 0 Å². The summed E-state index contributed by atoms with van der Waals surface area (Å²) in [6.45, 7) is 4.80. The van der Waals surface area contributed by atoms with Gasteiger partial charge < -0.3 is 15.7 Å². The first-order chi connectivity index (χ1) is 8.70. The lowest BCUT2D eigenvalue weighted by Crippen LogP contribution is -2.15. The third-order valence-electron chi connectivity index (χ3n) is 2.84. The molecule has 0 aromatic heterocycles. The number of nitrogens with two attached hydrogens (primary N) is 1. The van der Waals surface area contributed by atoms with Gasteiger partial charge in [-0.1, -0.05) is 43.5 Å². The van der Waals surface area contributed by atoms with Crippen molar-refractivity contribution in [1.82, 2.24) is 0 Å². The second kappa shape index (κ2) is 7.58. The van der Waals surface area contributed by atoms with Gasteiger partial charge in [0.1, 0.15) is 5.75 Å². The van der Waals surface area contributed by atoms with Crippen LogP contribution in [0.4, 0.5) is 0 Å². The second-order valence-electron chi connectivity index (χ2n) is 4.35. The molecule has 4 nitrogen and oxygen atoms in total. The Labute approximate surface area is 108 Å². The summed E-state index contributed by atoms with van der Waals surface area (Å²) >= 11 is 0. The van der Waals surface area contributed by atoms with Gasteiger partial charge in [0.25, 0.3) is 0 Å². The summed E-state index contributed by atoms with van der Waals surface area (Å²) in [6, 6.07) is 5.62. The SMILES string of the molecule is CCCCCCOc1c(C)cccc1/C(N)=N/O. The zero-order chi connectivity index (χ0) is 13.4. The first-order valence-corrected chi connectivity index (χ1v) is 6.41. The Hall–Kier alpha value is -1.71. The highest BCUT2D eigenvalue weighted by molar-refractivity contribution is 5.99.